The fourth-order valence-corrected chi connectivity index (χ4v) is 4.03. The number of aromatic nitrogens is 4. The molecular formula is C20H20FN7O2S2. The molecule has 0 saturated heterocycles. The number of nitrogen functional groups attached to an aromatic ring is 1. The molecule has 0 fully saturated rings. The highest BCUT2D eigenvalue weighted by Gasteiger charge is 2.13. The lowest BCUT2D eigenvalue weighted by molar-refractivity contribution is 0.602. The number of pyridine rings is 1. The van der Waals surface area contributed by atoms with Gasteiger partial charge in [0.15, 0.2) is 10.9 Å². The highest BCUT2D eigenvalue weighted by molar-refractivity contribution is 7.90. The molecule has 0 saturated carbocycles. The third kappa shape index (κ3) is 5.45. The third-order valence-corrected chi connectivity index (χ3v) is 6.24. The molecule has 166 valence electrons. The van der Waals surface area contributed by atoms with E-state index in [4.69, 9.17) is 5.73 Å². The number of nitrogens with zero attached hydrogens (tertiary/aromatic N) is 4. The van der Waals surface area contributed by atoms with Crippen molar-refractivity contribution < 1.29 is 12.8 Å². The number of fused-ring (bicyclic) bond motifs is 1. The lowest BCUT2D eigenvalue weighted by atomic mass is 10.2. The second kappa shape index (κ2) is 9.01. The van der Waals surface area contributed by atoms with E-state index in [2.05, 4.69) is 30.6 Å². The van der Waals surface area contributed by atoms with E-state index in [0.29, 0.717) is 40.2 Å². The van der Waals surface area contributed by atoms with E-state index in [-0.39, 0.29) is 18.1 Å². The van der Waals surface area contributed by atoms with Crippen LogP contribution >= 0.6 is 11.3 Å². The number of nitrogens with two attached hydrogens (primary N) is 1. The smallest absolute Gasteiger partial charge is 0.225 e. The zero-order valence-corrected chi connectivity index (χ0v) is 18.7. The van der Waals surface area contributed by atoms with E-state index < -0.39 is 9.84 Å². The van der Waals surface area contributed by atoms with Crippen molar-refractivity contribution in [2.45, 2.75) is 6.54 Å². The van der Waals surface area contributed by atoms with Crippen LogP contribution in [0.2, 0.25) is 0 Å². The van der Waals surface area contributed by atoms with Gasteiger partial charge in [-0.25, -0.2) is 27.8 Å². The Hall–Kier alpha value is -3.38. The van der Waals surface area contributed by atoms with Crippen molar-refractivity contribution in [1.82, 2.24) is 19.9 Å². The molecule has 0 aliphatic rings. The summed E-state index contributed by atoms with van der Waals surface area (Å²) in [7, 11) is -3.15. The number of anilines is 3. The van der Waals surface area contributed by atoms with Crippen molar-refractivity contribution in [3.63, 3.8) is 0 Å². The van der Waals surface area contributed by atoms with Crippen molar-refractivity contribution in [2.75, 3.05) is 34.9 Å². The van der Waals surface area contributed by atoms with E-state index >= 15 is 0 Å². The maximum atomic E-state index is 13.1. The lowest BCUT2D eigenvalue weighted by Crippen LogP contribution is -2.16. The fraction of sp³-hybridized carbons (Fsp3) is 0.200. The van der Waals surface area contributed by atoms with E-state index in [9.17, 15) is 12.8 Å². The second-order valence-electron chi connectivity index (χ2n) is 7.06. The molecule has 3 heterocycles. The number of sulfone groups is 1. The number of nitrogens with one attached hydrogen (secondary N) is 2. The topological polar surface area (TPSA) is 136 Å². The van der Waals surface area contributed by atoms with Crippen LogP contribution in [0.4, 0.5) is 21.3 Å². The summed E-state index contributed by atoms with van der Waals surface area (Å²) < 4.78 is 36.2. The average molecular weight is 474 g/mol. The Balaban J connectivity index is 1.66. The van der Waals surface area contributed by atoms with Crippen molar-refractivity contribution in [3.8, 4) is 10.6 Å². The predicted octanol–water partition coefficient (Wildman–Crippen LogP) is 2.94. The number of thiazole rings is 1. The van der Waals surface area contributed by atoms with Gasteiger partial charge in [-0.15, -0.1) is 0 Å². The summed E-state index contributed by atoms with van der Waals surface area (Å²) >= 11 is 1.31. The van der Waals surface area contributed by atoms with E-state index in [0.717, 1.165) is 10.4 Å². The number of hydrogen-bond donors (Lipinski definition) is 3. The standard InChI is InChI=1S/C20H20FN7O2S2/c1-32(29,30)9-8-23-18-17-15(7-6-14(26-17)16-11-24-19(22)31-16)27-20(28-18)25-10-12-2-4-13(21)5-3-12/h2-7,11H,8-10H2,1H3,(H2,22,24)(H2,23,25,27,28). The van der Waals surface area contributed by atoms with E-state index in [1.807, 2.05) is 6.07 Å². The normalized spacial score (nSPS) is 11.6. The first-order valence-corrected chi connectivity index (χ1v) is 12.4. The van der Waals surface area contributed by atoms with Crippen molar-refractivity contribution >= 4 is 49.1 Å². The van der Waals surface area contributed by atoms with Crippen LogP contribution in [0.15, 0.2) is 42.6 Å². The summed E-state index contributed by atoms with van der Waals surface area (Å²) in [5.74, 6) is 0.375. The van der Waals surface area contributed by atoms with Gasteiger partial charge in [0, 0.05) is 25.5 Å². The fourth-order valence-electron chi connectivity index (χ4n) is 2.90. The molecule has 0 aliphatic heterocycles. The number of hydrogen-bond acceptors (Lipinski definition) is 10. The molecular weight excluding hydrogens is 453 g/mol. The van der Waals surface area contributed by atoms with Gasteiger partial charge in [0.25, 0.3) is 0 Å². The van der Waals surface area contributed by atoms with Gasteiger partial charge in [-0.2, -0.15) is 4.98 Å². The summed E-state index contributed by atoms with van der Waals surface area (Å²) in [4.78, 5) is 18.5. The summed E-state index contributed by atoms with van der Waals surface area (Å²) in [5, 5.41) is 6.60. The van der Waals surface area contributed by atoms with E-state index in [1.54, 1.807) is 24.4 Å². The van der Waals surface area contributed by atoms with Crippen LogP contribution in [-0.2, 0) is 16.4 Å². The molecule has 0 aliphatic carbocycles. The highest BCUT2D eigenvalue weighted by atomic mass is 32.2. The second-order valence-corrected chi connectivity index (χ2v) is 10.4. The van der Waals surface area contributed by atoms with Gasteiger partial charge in [0.1, 0.15) is 21.2 Å². The van der Waals surface area contributed by atoms with Gasteiger partial charge in [-0.3, -0.25) is 0 Å². The first-order valence-electron chi connectivity index (χ1n) is 9.57. The van der Waals surface area contributed by atoms with Gasteiger partial charge < -0.3 is 16.4 Å². The Bertz CT molecular complexity index is 1360. The van der Waals surface area contributed by atoms with Crippen LogP contribution in [-0.4, -0.2) is 46.9 Å². The van der Waals surface area contributed by atoms with Gasteiger partial charge in [-0.05, 0) is 29.8 Å². The SMILES string of the molecule is CS(=O)(=O)CCNc1nc(NCc2ccc(F)cc2)nc2ccc(-c3cnc(N)s3)nc12. The molecule has 0 bridgehead atoms. The first kappa shape index (κ1) is 21.8. The molecule has 32 heavy (non-hydrogen) atoms. The molecule has 1 aromatic carbocycles. The highest BCUT2D eigenvalue weighted by Crippen LogP contribution is 2.29. The Morgan fingerprint density at radius 1 is 1.06 bits per heavy atom. The average Bonchev–Trinajstić information content (AvgIpc) is 3.18. The summed E-state index contributed by atoms with van der Waals surface area (Å²) in [6.07, 6.45) is 2.82. The quantitative estimate of drug-likeness (QED) is 0.353. The van der Waals surface area contributed by atoms with E-state index in [1.165, 1.54) is 29.7 Å². The van der Waals surface area contributed by atoms with Crippen LogP contribution in [0.1, 0.15) is 5.56 Å². The van der Waals surface area contributed by atoms with Crippen LogP contribution in [0.25, 0.3) is 21.6 Å². The molecule has 0 atom stereocenters. The molecule has 4 N–H and O–H groups in total. The third-order valence-electron chi connectivity index (χ3n) is 4.45. The predicted molar refractivity (Wildman–Crippen MR) is 125 cm³/mol. The number of rotatable bonds is 8. The van der Waals surface area contributed by atoms with Crippen molar-refractivity contribution in [2.24, 2.45) is 0 Å². The minimum atomic E-state index is -3.15. The molecule has 0 radical (unpaired) electrons. The minimum absolute atomic E-state index is 0.0537. The molecule has 0 amide bonds. The van der Waals surface area contributed by atoms with Gasteiger partial charge in [0.2, 0.25) is 5.95 Å². The van der Waals surface area contributed by atoms with Gasteiger partial charge in [0.05, 0.1) is 21.8 Å². The summed E-state index contributed by atoms with van der Waals surface area (Å²) in [5.41, 5.74) is 8.32. The van der Waals surface area contributed by atoms with Crippen molar-refractivity contribution in [3.05, 3.63) is 54.0 Å². The Kier molecular flexibility index (Phi) is 6.15. The molecule has 0 spiro atoms. The first-order chi connectivity index (χ1) is 15.3. The Morgan fingerprint density at radius 3 is 2.53 bits per heavy atom. The molecule has 4 aromatic rings. The summed E-state index contributed by atoms with van der Waals surface area (Å²) in [6, 6.07) is 9.72. The Morgan fingerprint density at radius 2 is 1.84 bits per heavy atom. The molecule has 0 unspecified atom stereocenters. The molecule has 12 heteroatoms. The van der Waals surface area contributed by atoms with Gasteiger partial charge in [-0.1, -0.05) is 23.5 Å². The van der Waals surface area contributed by atoms with Crippen LogP contribution in [0, 0.1) is 5.82 Å². The monoisotopic (exact) mass is 473 g/mol. The maximum Gasteiger partial charge on any atom is 0.225 e. The maximum absolute atomic E-state index is 13.1. The van der Waals surface area contributed by atoms with Crippen molar-refractivity contribution in [1.29, 1.82) is 0 Å². The van der Waals surface area contributed by atoms with Crippen LogP contribution < -0.4 is 16.4 Å². The molecule has 4 rings (SSSR count). The minimum Gasteiger partial charge on any atom is -0.375 e. The molecule has 9 nitrogen and oxygen atoms in total. The zero-order valence-electron chi connectivity index (χ0n) is 17.0. The summed E-state index contributed by atoms with van der Waals surface area (Å²) in [6.45, 7) is 0.558. The van der Waals surface area contributed by atoms with Crippen LogP contribution in [0.3, 0.4) is 0 Å². The number of benzene rings is 1. The largest absolute Gasteiger partial charge is 0.375 e. The Labute approximate surface area is 187 Å². The zero-order chi connectivity index (χ0) is 22.7. The lowest BCUT2D eigenvalue weighted by Gasteiger charge is -2.12. The molecule has 3 aromatic heterocycles. The number of halogens is 1. The van der Waals surface area contributed by atoms with Crippen LogP contribution in [0.5, 0.6) is 0 Å². The van der Waals surface area contributed by atoms with Gasteiger partial charge >= 0.3 is 0 Å².